The van der Waals surface area contributed by atoms with E-state index in [0.717, 1.165) is 12.1 Å². The second-order valence-electron chi connectivity index (χ2n) is 4.96. The van der Waals surface area contributed by atoms with Crippen LogP contribution in [0.15, 0.2) is 36.8 Å². The minimum Gasteiger partial charge on any atom is -0.328 e. The smallest absolute Gasteiger partial charge is 0.274 e. The van der Waals surface area contributed by atoms with Crippen LogP contribution in [0.25, 0.3) is 0 Å². The van der Waals surface area contributed by atoms with Crippen LogP contribution in [-0.2, 0) is 0 Å². The number of amides is 1. The van der Waals surface area contributed by atoms with Crippen molar-refractivity contribution in [2.75, 3.05) is 19.6 Å². The molecule has 1 atom stereocenters. The summed E-state index contributed by atoms with van der Waals surface area (Å²) in [4.78, 5) is 22.4. The second-order valence-corrected chi connectivity index (χ2v) is 5.77. The Morgan fingerprint density at radius 1 is 1.27 bits per heavy atom. The van der Waals surface area contributed by atoms with Crippen molar-refractivity contribution in [3.05, 3.63) is 58.1 Å². The lowest BCUT2D eigenvalue weighted by atomic mass is 10.0. The molecule has 1 aliphatic heterocycles. The standard InChI is InChI=1S/C15H14Cl2N4O/c16-11-4-2-1-3-10(11)13-8-18-5-6-21(13)15(22)14-12(17)7-19-9-20-14/h1-4,7,9,13,18H,5-6,8H2. The Labute approximate surface area is 138 Å². The second kappa shape index (κ2) is 6.60. The molecule has 0 radical (unpaired) electrons. The van der Waals surface area contributed by atoms with Gasteiger partial charge in [0.25, 0.3) is 5.91 Å². The molecule has 1 saturated heterocycles. The average Bonchev–Trinajstić information content (AvgIpc) is 2.55. The van der Waals surface area contributed by atoms with Gasteiger partial charge in [-0.05, 0) is 11.6 Å². The Hall–Kier alpha value is -1.69. The molecule has 1 unspecified atom stereocenters. The summed E-state index contributed by atoms with van der Waals surface area (Å²) in [6.07, 6.45) is 2.75. The highest BCUT2D eigenvalue weighted by atomic mass is 35.5. The SMILES string of the molecule is O=C(c1ncncc1Cl)N1CCNCC1c1ccccc1Cl. The zero-order valence-corrected chi connectivity index (χ0v) is 13.2. The summed E-state index contributed by atoms with van der Waals surface area (Å²) in [6.45, 7) is 1.92. The van der Waals surface area contributed by atoms with Gasteiger partial charge in [-0.3, -0.25) is 4.79 Å². The number of hydrogen-bond acceptors (Lipinski definition) is 4. The molecule has 1 aliphatic rings. The molecule has 1 aromatic heterocycles. The van der Waals surface area contributed by atoms with Gasteiger partial charge in [0.2, 0.25) is 0 Å². The number of piperazine rings is 1. The minimum absolute atomic E-state index is 0.152. The molecule has 2 aromatic rings. The van der Waals surface area contributed by atoms with Gasteiger partial charge in [-0.25, -0.2) is 9.97 Å². The van der Waals surface area contributed by atoms with Crippen LogP contribution in [0.5, 0.6) is 0 Å². The molecule has 1 amide bonds. The first kappa shape index (κ1) is 15.2. The van der Waals surface area contributed by atoms with Gasteiger partial charge >= 0.3 is 0 Å². The first-order valence-electron chi connectivity index (χ1n) is 6.90. The lowest BCUT2D eigenvalue weighted by Crippen LogP contribution is -2.49. The molecule has 0 aliphatic carbocycles. The molecule has 3 rings (SSSR count). The molecule has 1 N–H and O–H groups in total. The zero-order valence-electron chi connectivity index (χ0n) is 11.7. The number of rotatable bonds is 2. The van der Waals surface area contributed by atoms with Crippen LogP contribution in [0.4, 0.5) is 0 Å². The molecule has 0 saturated carbocycles. The van der Waals surface area contributed by atoms with Gasteiger partial charge in [0, 0.05) is 30.9 Å². The Morgan fingerprint density at radius 3 is 2.86 bits per heavy atom. The molecule has 0 spiro atoms. The fourth-order valence-corrected chi connectivity index (χ4v) is 3.02. The highest BCUT2D eigenvalue weighted by Gasteiger charge is 2.31. The Kier molecular flexibility index (Phi) is 4.57. The maximum Gasteiger partial charge on any atom is 0.274 e. The van der Waals surface area contributed by atoms with Gasteiger partial charge in [0.05, 0.1) is 11.1 Å². The number of aromatic nitrogens is 2. The molecule has 7 heteroatoms. The van der Waals surface area contributed by atoms with E-state index in [-0.39, 0.29) is 22.7 Å². The van der Waals surface area contributed by atoms with Crippen molar-refractivity contribution < 1.29 is 4.79 Å². The summed E-state index contributed by atoms with van der Waals surface area (Å²) in [5, 5.41) is 4.19. The Balaban J connectivity index is 1.95. The summed E-state index contributed by atoms with van der Waals surface area (Å²) in [7, 11) is 0. The predicted molar refractivity (Wildman–Crippen MR) is 85.1 cm³/mol. The van der Waals surface area contributed by atoms with Crippen LogP contribution in [0.2, 0.25) is 10.0 Å². The number of nitrogens with one attached hydrogen (secondary N) is 1. The van der Waals surface area contributed by atoms with Gasteiger partial charge in [-0.15, -0.1) is 0 Å². The maximum atomic E-state index is 12.8. The summed E-state index contributed by atoms with van der Waals surface area (Å²) < 4.78 is 0. The summed E-state index contributed by atoms with van der Waals surface area (Å²) in [5.41, 5.74) is 1.13. The van der Waals surface area contributed by atoms with Crippen molar-refractivity contribution in [3.63, 3.8) is 0 Å². The van der Waals surface area contributed by atoms with Crippen molar-refractivity contribution in [1.82, 2.24) is 20.2 Å². The van der Waals surface area contributed by atoms with E-state index >= 15 is 0 Å². The van der Waals surface area contributed by atoms with E-state index in [1.165, 1.54) is 12.5 Å². The number of carbonyl (C=O) groups is 1. The maximum absolute atomic E-state index is 12.8. The third-order valence-corrected chi connectivity index (χ3v) is 4.26. The van der Waals surface area contributed by atoms with E-state index in [1.807, 2.05) is 24.3 Å². The number of benzene rings is 1. The first-order valence-corrected chi connectivity index (χ1v) is 7.65. The zero-order chi connectivity index (χ0) is 15.5. The summed E-state index contributed by atoms with van der Waals surface area (Å²) in [6, 6.07) is 7.39. The highest BCUT2D eigenvalue weighted by molar-refractivity contribution is 6.33. The first-order chi connectivity index (χ1) is 10.7. The molecule has 1 aromatic carbocycles. The lowest BCUT2D eigenvalue weighted by Gasteiger charge is -2.36. The molecular weight excluding hydrogens is 323 g/mol. The monoisotopic (exact) mass is 336 g/mol. The van der Waals surface area contributed by atoms with E-state index in [2.05, 4.69) is 15.3 Å². The molecular formula is C15H14Cl2N4O. The molecule has 114 valence electrons. The van der Waals surface area contributed by atoms with Crippen molar-refractivity contribution in [3.8, 4) is 0 Å². The molecule has 5 nitrogen and oxygen atoms in total. The third-order valence-electron chi connectivity index (χ3n) is 3.64. The van der Waals surface area contributed by atoms with Crippen LogP contribution in [-0.4, -0.2) is 40.4 Å². The number of hydrogen-bond donors (Lipinski definition) is 1. The van der Waals surface area contributed by atoms with Crippen molar-refractivity contribution >= 4 is 29.1 Å². The van der Waals surface area contributed by atoms with Crippen molar-refractivity contribution in [2.45, 2.75) is 6.04 Å². The quantitative estimate of drug-likeness (QED) is 0.915. The molecule has 0 bridgehead atoms. The van der Waals surface area contributed by atoms with Crippen molar-refractivity contribution in [1.29, 1.82) is 0 Å². The molecule has 2 heterocycles. The Morgan fingerprint density at radius 2 is 2.09 bits per heavy atom. The third kappa shape index (κ3) is 2.92. The minimum atomic E-state index is -0.209. The number of halogens is 2. The number of carbonyl (C=O) groups excluding carboxylic acids is 1. The fraction of sp³-hybridized carbons (Fsp3) is 0.267. The number of nitrogens with zero attached hydrogens (tertiary/aromatic N) is 3. The van der Waals surface area contributed by atoms with E-state index in [1.54, 1.807) is 4.90 Å². The highest BCUT2D eigenvalue weighted by Crippen LogP contribution is 2.30. The fourth-order valence-electron chi connectivity index (χ4n) is 2.58. The molecule has 22 heavy (non-hydrogen) atoms. The van der Waals surface area contributed by atoms with E-state index in [9.17, 15) is 4.79 Å². The largest absolute Gasteiger partial charge is 0.328 e. The van der Waals surface area contributed by atoms with Crippen LogP contribution < -0.4 is 5.32 Å². The van der Waals surface area contributed by atoms with E-state index < -0.39 is 0 Å². The van der Waals surface area contributed by atoms with Crippen LogP contribution in [0.1, 0.15) is 22.1 Å². The van der Waals surface area contributed by atoms with E-state index in [0.29, 0.717) is 18.1 Å². The topological polar surface area (TPSA) is 58.1 Å². The van der Waals surface area contributed by atoms with Gasteiger partial charge in [-0.1, -0.05) is 41.4 Å². The van der Waals surface area contributed by atoms with Gasteiger partial charge in [0.15, 0.2) is 0 Å². The van der Waals surface area contributed by atoms with Gasteiger partial charge < -0.3 is 10.2 Å². The predicted octanol–water partition coefficient (Wildman–Crippen LogP) is 2.57. The van der Waals surface area contributed by atoms with E-state index in [4.69, 9.17) is 23.2 Å². The van der Waals surface area contributed by atoms with Crippen LogP contribution in [0.3, 0.4) is 0 Å². The van der Waals surface area contributed by atoms with Crippen LogP contribution >= 0.6 is 23.2 Å². The normalized spacial score (nSPS) is 18.3. The van der Waals surface area contributed by atoms with Gasteiger partial charge in [-0.2, -0.15) is 0 Å². The van der Waals surface area contributed by atoms with Gasteiger partial charge in [0.1, 0.15) is 12.0 Å². The summed E-state index contributed by atoms with van der Waals surface area (Å²) >= 11 is 12.3. The summed E-state index contributed by atoms with van der Waals surface area (Å²) in [5.74, 6) is -0.209. The molecule has 1 fully saturated rings. The van der Waals surface area contributed by atoms with Crippen LogP contribution in [0, 0.1) is 0 Å². The van der Waals surface area contributed by atoms with Crippen molar-refractivity contribution in [2.24, 2.45) is 0 Å². The lowest BCUT2D eigenvalue weighted by molar-refractivity contribution is 0.0628. The average molecular weight is 337 g/mol. The Bertz CT molecular complexity index is 695.